The summed E-state index contributed by atoms with van der Waals surface area (Å²) in [5.41, 5.74) is 12.5. The van der Waals surface area contributed by atoms with E-state index >= 15 is 0 Å². The van der Waals surface area contributed by atoms with Crippen LogP contribution in [0, 0.1) is 13.8 Å². The van der Waals surface area contributed by atoms with Crippen LogP contribution in [-0.4, -0.2) is 28.4 Å². The number of halogens is 3. The van der Waals surface area contributed by atoms with Crippen molar-refractivity contribution in [2.75, 3.05) is 21.1 Å². The first-order chi connectivity index (χ1) is 25.9. The van der Waals surface area contributed by atoms with Gasteiger partial charge in [-0.1, -0.05) is 79.2 Å². The molecule has 0 aliphatic heterocycles. The fraction of sp³-hybridized carbons (Fsp3) is 0.268. The molecule has 0 spiro atoms. The van der Waals surface area contributed by atoms with E-state index in [1.54, 1.807) is 87.5 Å². The third-order valence-electron chi connectivity index (χ3n) is 8.99. The molecule has 6 rings (SSSR count). The summed E-state index contributed by atoms with van der Waals surface area (Å²) in [4.78, 5) is 23.9. The summed E-state index contributed by atoms with van der Waals surface area (Å²) < 4.78 is 49.7. The topological polar surface area (TPSA) is 165 Å². The third-order valence-corrected chi connectivity index (χ3v) is 12.8. The van der Waals surface area contributed by atoms with Gasteiger partial charge in [0.15, 0.2) is 11.6 Å². The first-order valence-corrected chi connectivity index (χ1v) is 21.9. The van der Waals surface area contributed by atoms with E-state index in [1.807, 2.05) is 19.1 Å². The zero-order chi connectivity index (χ0) is 40.5. The molecular formula is C41H47Cl3N4O6S2. The number of rotatable bonds is 8. The molecule has 0 fully saturated rings. The first-order valence-electron chi connectivity index (χ1n) is 17.3. The molecule has 0 aromatic heterocycles. The second-order valence-electron chi connectivity index (χ2n) is 13.0. The van der Waals surface area contributed by atoms with Crippen LogP contribution in [0.5, 0.6) is 0 Å². The van der Waals surface area contributed by atoms with Crippen molar-refractivity contribution in [2.24, 2.45) is 0 Å². The molecule has 0 unspecified atom stereocenters. The van der Waals surface area contributed by atoms with Crippen LogP contribution in [-0.2, 0) is 28.7 Å². The highest BCUT2D eigenvalue weighted by Gasteiger charge is 2.21. The lowest BCUT2D eigenvalue weighted by Crippen LogP contribution is -2.16. The minimum absolute atomic E-state index is 0. The molecule has 56 heavy (non-hydrogen) atoms. The second-order valence-corrected chi connectivity index (χ2v) is 17.9. The number of carbonyl (C=O) groups excluding carboxylic acids is 2. The van der Waals surface area contributed by atoms with Crippen molar-refractivity contribution in [1.29, 1.82) is 0 Å². The van der Waals surface area contributed by atoms with E-state index in [4.69, 9.17) is 39.6 Å². The number of ketones is 2. The maximum atomic E-state index is 12.7. The summed E-state index contributed by atoms with van der Waals surface area (Å²) >= 11 is 12.5. The molecule has 0 saturated carbocycles. The molecular weight excluding hydrogens is 815 g/mol. The van der Waals surface area contributed by atoms with Crippen LogP contribution in [0.15, 0.2) is 117 Å². The molecule has 4 aromatic carbocycles. The number of anilines is 4. The number of sulfonamides is 1. The largest absolute Gasteiger partial charge is 0.397 e. The van der Waals surface area contributed by atoms with Crippen LogP contribution < -0.4 is 21.1 Å². The third kappa shape index (κ3) is 12.1. The molecule has 4 aromatic rings. The van der Waals surface area contributed by atoms with Gasteiger partial charge in [-0.3, -0.25) is 14.3 Å². The molecule has 0 radical (unpaired) electrons. The zero-order valence-corrected chi connectivity index (χ0v) is 34.7. The van der Waals surface area contributed by atoms with Crippen LogP contribution in [0.2, 0.25) is 10.0 Å². The predicted molar refractivity (Wildman–Crippen MR) is 231 cm³/mol. The van der Waals surface area contributed by atoms with Gasteiger partial charge in [0, 0.05) is 46.1 Å². The van der Waals surface area contributed by atoms with E-state index in [0.717, 1.165) is 48.3 Å². The van der Waals surface area contributed by atoms with E-state index in [-0.39, 0.29) is 39.5 Å². The van der Waals surface area contributed by atoms with E-state index in [1.165, 1.54) is 6.07 Å². The molecule has 0 bridgehead atoms. The van der Waals surface area contributed by atoms with Crippen LogP contribution in [0.3, 0.4) is 0 Å². The van der Waals surface area contributed by atoms with Crippen molar-refractivity contribution < 1.29 is 26.4 Å². The Hall–Kier alpha value is -4.33. The van der Waals surface area contributed by atoms with Crippen LogP contribution in [0.4, 0.5) is 22.7 Å². The molecule has 2 aliphatic carbocycles. The molecule has 15 heteroatoms. The maximum absolute atomic E-state index is 12.7. The molecule has 0 atom stereocenters. The lowest BCUT2D eigenvalue weighted by molar-refractivity contribution is -0.116. The van der Waals surface area contributed by atoms with Crippen LogP contribution in [0.1, 0.15) is 70.9 Å². The minimum atomic E-state index is -3.76. The number of hydrogen-bond acceptors (Lipinski definition) is 9. The normalized spacial score (nSPS) is 14.4. The number of nitrogens with two attached hydrogens (primary N) is 1. The maximum Gasteiger partial charge on any atom is 0.262 e. The highest BCUT2D eigenvalue weighted by atomic mass is 35.7. The Morgan fingerprint density at radius 3 is 1.46 bits per heavy atom. The Balaban J connectivity index is 0.000000247. The fourth-order valence-electron chi connectivity index (χ4n) is 5.82. The number of Topliss-reactive ketones (excluding diaryl/α,β-unsaturated/α-hetero) is 2. The molecule has 0 heterocycles. The summed E-state index contributed by atoms with van der Waals surface area (Å²) in [6, 6.07) is 23.9. The van der Waals surface area contributed by atoms with Gasteiger partial charge in [0.25, 0.3) is 19.1 Å². The molecule has 10 nitrogen and oxygen atoms in total. The molecule has 300 valence electrons. The van der Waals surface area contributed by atoms with E-state index in [0.29, 0.717) is 45.9 Å². The smallest absolute Gasteiger partial charge is 0.262 e. The van der Waals surface area contributed by atoms with Crippen molar-refractivity contribution in [3.8, 4) is 0 Å². The number of nitrogens with one attached hydrogen (secondary N) is 3. The zero-order valence-electron chi connectivity index (χ0n) is 30.8. The van der Waals surface area contributed by atoms with Gasteiger partial charge in [-0.2, -0.15) is 0 Å². The van der Waals surface area contributed by atoms with Gasteiger partial charge < -0.3 is 16.4 Å². The van der Waals surface area contributed by atoms with Gasteiger partial charge >= 0.3 is 0 Å². The van der Waals surface area contributed by atoms with E-state index in [9.17, 15) is 26.4 Å². The van der Waals surface area contributed by atoms with Crippen molar-refractivity contribution in [3.05, 3.63) is 129 Å². The van der Waals surface area contributed by atoms with Crippen molar-refractivity contribution in [1.82, 2.24) is 0 Å². The number of allylic oxidation sites excluding steroid dienone is 4. The number of aryl methyl sites for hydroxylation is 2. The van der Waals surface area contributed by atoms with Gasteiger partial charge in [0.1, 0.15) is 0 Å². The molecule has 0 saturated heterocycles. The summed E-state index contributed by atoms with van der Waals surface area (Å²) in [5, 5.41) is 7.18. The Morgan fingerprint density at radius 2 is 1.00 bits per heavy atom. The van der Waals surface area contributed by atoms with Gasteiger partial charge in [0.2, 0.25) is 0 Å². The van der Waals surface area contributed by atoms with Gasteiger partial charge in [-0.25, -0.2) is 16.8 Å². The van der Waals surface area contributed by atoms with Gasteiger partial charge in [-0.05, 0) is 101 Å². The minimum Gasteiger partial charge on any atom is -0.397 e. The average Bonchev–Trinajstić information content (AvgIpc) is 3.13. The highest BCUT2D eigenvalue weighted by Crippen LogP contribution is 2.35. The monoisotopic (exact) mass is 860 g/mol. The summed E-state index contributed by atoms with van der Waals surface area (Å²) in [5.74, 6) is 0.329. The van der Waals surface area contributed by atoms with E-state index < -0.39 is 19.1 Å². The van der Waals surface area contributed by atoms with Crippen LogP contribution in [0.25, 0.3) is 0 Å². The molecule has 2 aliphatic rings. The molecule has 5 N–H and O–H groups in total. The summed E-state index contributed by atoms with van der Waals surface area (Å²) in [7, 11) is -2.19. The highest BCUT2D eigenvalue weighted by molar-refractivity contribution is 8.13. The lowest BCUT2D eigenvalue weighted by atomic mass is 9.96. The van der Waals surface area contributed by atoms with Gasteiger partial charge in [0.05, 0.1) is 42.6 Å². The SMILES string of the molecule is C.CC1=C(Nc2cccc(N)c2Cl)CCCC1=O.CC1=C(Nc2cccc(NS(=O)(=O)c3ccccc3C)c2Cl)CCCC1=O.Cc1ccccc1S(=O)(=O)Cl. The number of carbonyl (C=O) groups is 2. The van der Waals surface area contributed by atoms with Crippen molar-refractivity contribution in [3.63, 3.8) is 0 Å². The second kappa shape index (κ2) is 20.2. The number of hydrogen-bond donors (Lipinski definition) is 4. The van der Waals surface area contributed by atoms with Crippen molar-refractivity contribution >= 4 is 87.3 Å². The van der Waals surface area contributed by atoms with Gasteiger partial charge in [-0.15, -0.1) is 0 Å². The summed E-state index contributed by atoms with van der Waals surface area (Å²) in [6.07, 6.45) is 4.51. The Kier molecular flexibility index (Phi) is 16.6. The predicted octanol–water partition coefficient (Wildman–Crippen LogP) is 10.8. The lowest BCUT2D eigenvalue weighted by Gasteiger charge is -2.20. The fourth-order valence-corrected chi connectivity index (χ4v) is 8.80. The van der Waals surface area contributed by atoms with Crippen LogP contribution >= 0.6 is 33.9 Å². The quantitative estimate of drug-likeness (QED) is 0.0997. The summed E-state index contributed by atoms with van der Waals surface area (Å²) in [6.45, 7) is 7.09. The average molecular weight is 862 g/mol. The Bertz CT molecular complexity index is 2380. The standard InChI is InChI=1S/C20H21ClN2O3S.C13H15ClN2O.C7H7ClO2S.CH4/c1-13-7-3-4-12-19(13)27(25,26)23-17-10-5-9-16(20(17)21)22-15-8-6-11-18(24)14(15)2;1-8-10(5-3-7-12(8)17)16-11-6-2-4-9(15)13(11)14;1-6-4-2-3-5-7(6)11(8,9)10;/h3-5,7,9-10,12,22-23H,6,8,11H2,1-2H3;2,4,6,16H,3,5,7,15H2,1H3;2-5H,1H3;1H4. The number of nitrogen functional groups attached to an aromatic ring is 1. The van der Waals surface area contributed by atoms with Crippen molar-refractivity contribution in [2.45, 2.75) is 83.4 Å². The first kappa shape index (κ1) is 46.1. The Labute approximate surface area is 345 Å². The number of benzene rings is 4. The molecule has 0 amide bonds. The Morgan fingerprint density at radius 1 is 0.571 bits per heavy atom. The van der Waals surface area contributed by atoms with E-state index in [2.05, 4.69) is 15.4 Å².